The number of rotatable bonds is 0. The van der Waals surface area contributed by atoms with Gasteiger partial charge in [-0.3, -0.25) is 0 Å². The second kappa shape index (κ2) is 3.92. The molecule has 22 heavy (non-hydrogen) atoms. The molecular weight excluding hydrogens is 270 g/mol. The number of benzene rings is 3. The van der Waals surface area contributed by atoms with Gasteiger partial charge in [0.05, 0.1) is 5.52 Å². The lowest BCUT2D eigenvalue weighted by Crippen LogP contribution is -1.78. The Morgan fingerprint density at radius 2 is 1.59 bits per heavy atom. The molecule has 0 saturated carbocycles. The molecule has 0 saturated heterocycles. The lowest BCUT2D eigenvalue weighted by Gasteiger charge is -1.98. The van der Waals surface area contributed by atoms with Gasteiger partial charge in [-0.05, 0) is 31.5 Å². The molecule has 5 rings (SSSR count). The lowest BCUT2D eigenvalue weighted by atomic mass is 10.0. The molecule has 0 aliphatic rings. The highest BCUT2D eigenvalue weighted by molar-refractivity contribution is 6.18. The first-order valence-corrected chi connectivity index (χ1v) is 7.56. The van der Waals surface area contributed by atoms with Crippen LogP contribution in [-0.2, 0) is 0 Å². The third-order valence-electron chi connectivity index (χ3n) is 4.72. The van der Waals surface area contributed by atoms with Gasteiger partial charge >= 0.3 is 0 Å². The predicted molar refractivity (Wildman–Crippen MR) is 92.6 cm³/mol. The average Bonchev–Trinajstić information content (AvgIpc) is 3.08. The van der Waals surface area contributed by atoms with E-state index in [2.05, 4.69) is 55.2 Å². The number of aryl methyl sites for hydroxylation is 2. The molecular formula is C20H15NO. The largest absolute Gasteiger partial charge is 0.456 e. The molecule has 0 amide bonds. The summed E-state index contributed by atoms with van der Waals surface area (Å²) in [4.78, 5) is 3.59. The molecule has 2 aromatic heterocycles. The van der Waals surface area contributed by atoms with Crippen LogP contribution in [0, 0.1) is 13.8 Å². The van der Waals surface area contributed by atoms with Crippen LogP contribution in [0.25, 0.3) is 43.7 Å². The molecule has 5 aromatic rings. The molecule has 0 atom stereocenters. The molecule has 0 unspecified atom stereocenters. The Bertz CT molecular complexity index is 1190. The van der Waals surface area contributed by atoms with Crippen molar-refractivity contribution in [2.45, 2.75) is 13.8 Å². The number of H-pyrrole nitrogens is 1. The fourth-order valence-electron chi connectivity index (χ4n) is 3.58. The van der Waals surface area contributed by atoms with Crippen LogP contribution in [0.4, 0.5) is 0 Å². The van der Waals surface area contributed by atoms with E-state index in [1.54, 1.807) is 0 Å². The van der Waals surface area contributed by atoms with Crippen LogP contribution in [-0.4, -0.2) is 4.98 Å². The number of hydrogen-bond acceptors (Lipinski definition) is 1. The van der Waals surface area contributed by atoms with E-state index >= 15 is 0 Å². The Hall–Kier alpha value is -2.74. The van der Waals surface area contributed by atoms with E-state index in [1.165, 1.54) is 43.7 Å². The fourth-order valence-corrected chi connectivity index (χ4v) is 3.58. The maximum atomic E-state index is 6.10. The summed E-state index contributed by atoms with van der Waals surface area (Å²) in [5, 5.41) is 4.94. The van der Waals surface area contributed by atoms with Gasteiger partial charge in [-0.15, -0.1) is 0 Å². The summed E-state index contributed by atoms with van der Waals surface area (Å²) in [6, 6.07) is 17.0. The number of nitrogens with one attached hydrogen (secondary N) is 1. The molecule has 0 radical (unpaired) electrons. The van der Waals surface area contributed by atoms with Crippen molar-refractivity contribution in [2.75, 3.05) is 0 Å². The second-order valence-corrected chi connectivity index (χ2v) is 6.02. The number of fused-ring (bicyclic) bond motifs is 6. The van der Waals surface area contributed by atoms with Crippen LogP contribution in [0.1, 0.15) is 11.1 Å². The smallest absolute Gasteiger partial charge is 0.140 e. The van der Waals surface area contributed by atoms with Crippen molar-refractivity contribution in [3.8, 4) is 0 Å². The van der Waals surface area contributed by atoms with Crippen molar-refractivity contribution in [3.05, 3.63) is 59.7 Å². The molecule has 3 aromatic carbocycles. The Balaban J connectivity index is 2.09. The molecule has 2 nitrogen and oxygen atoms in total. The van der Waals surface area contributed by atoms with Gasteiger partial charge in [-0.25, -0.2) is 0 Å². The highest BCUT2D eigenvalue weighted by Gasteiger charge is 2.15. The number of aromatic nitrogens is 1. The minimum absolute atomic E-state index is 0.953. The van der Waals surface area contributed by atoms with Crippen LogP contribution in [0.3, 0.4) is 0 Å². The van der Waals surface area contributed by atoms with Gasteiger partial charge in [0.1, 0.15) is 11.2 Å². The molecule has 0 aliphatic carbocycles. The van der Waals surface area contributed by atoms with Crippen LogP contribution in [0.2, 0.25) is 0 Å². The van der Waals surface area contributed by atoms with E-state index in [-0.39, 0.29) is 0 Å². The van der Waals surface area contributed by atoms with Gasteiger partial charge in [0, 0.05) is 32.6 Å². The van der Waals surface area contributed by atoms with Gasteiger partial charge in [0.2, 0.25) is 0 Å². The Morgan fingerprint density at radius 3 is 2.50 bits per heavy atom. The molecule has 106 valence electrons. The number of furan rings is 1. The van der Waals surface area contributed by atoms with Gasteiger partial charge in [-0.2, -0.15) is 0 Å². The van der Waals surface area contributed by atoms with Crippen molar-refractivity contribution in [3.63, 3.8) is 0 Å². The minimum atomic E-state index is 0.953. The second-order valence-electron chi connectivity index (χ2n) is 6.02. The van der Waals surface area contributed by atoms with E-state index in [9.17, 15) is 0 Å². The third-order valence-corrected chi connectivity index (χ3v) is 4.72. The third kappa shape index (κ3) is 1.34. The van der Waals surface area contributed by atoms with Crippen molar-refractivity contribution in [1.29, 1.82) is 0 Å². The van der Waals surface area contributed by atoms with E-state index in [1.807, 2.05) is 12.1 Å². The maximum Gasteiger partial charge on any atom is 0.140 e. The highest BCUT2D eigenvalue weighted by atomic mass is 16.3. The zero-order valence-corrected chi connectivity index (χ0v) is 12.5. The molecule has 0 bridgehead atoms. The highest BCUT2D eigenvalue weighted by Crippen LogP contribution is 2.38. The first-order chi connectivity index (χ1) is 10.7. The summed E-state index contributed by atoms with van der Waals surface area (Å²) in [5.74, 6) is 0. The average molecular weight is 285 g/mol. The topological polar surface area (TPSA) is 28.9 Å². The fraction of sp³-hybridized carbons (Fsp3) is 0.100. The Morgan fingerprint density at radius 1 is 0.773 bits per heavy atom. The summed E-state index contributed by atoms with van der Waals surface area (Å²) in [7, 11) is 0. The van der Waals surface area contributed by atoms with Gasteiger partial charge < -0.3 is 9.40 Å². The first kappa shape index (κ1) is 11.9. The zero-order chi connectivity index (χ0) is 14.8. The predicted octanol–water partition coefficient (Wildman–Crippen LogP) is 5.84. The van der Waals surface area contributed by atoms with Gasteiger partial charge in [0.25, 0.3) is 0 Å². The number of aromatic amines is 1. The van der Waals surface area contributed by atoms with Gasteiger partial charge in [-0.1, -0.05) is 36.4 Å². The maximum absolute atomic E-state index is 6.10. The zero-order valence-electron chi connectivity index (χ0n) is 12.5. The van der Waals surface area contributed by atoms with Crippen molar-refractivity contribution >= 4 is 43.7 Å². The monoisotopic (exact) mass is 285 g/mol. The van der Waals surface area contributed by atoms with E-state index < -0.39 is 0 Å². The SMILES string of the molecule is Cc1cccc2c1[nH]c1c(C)c3oc4ccccc4c3cc12. The van der Waals surface area contributed by atoms with Crippen LogP contribution in [0.5, 0.6) is 0 Å². The first-order valence-electron chi connectivity index (χ1n) is 7.56. The summed E-state index contributed by atoms with van der Waals surface area (Å²) in [6.07, 6.45) is 0. The molecule has 2 heterocycles. The normalized spacial score (nSPS) is 12.1. The van der Waals surface area contributed by atoms with E-state index in [4.69, 9.17) is 4.42 Å². The van der Waals surface area contributed by atoms with E-state index in [0.717, 1.165) is 11.2 Å². The molecule has 2 heteroatoms. The molecule has 0 fully saturated rings. The summed E-state index contributed by atoms with van der Waals surface area (Å²) >= 11 is 0. The molecule has 0 spiro atoms. The number of hydrogen-bond donors (Lipinski definition) is 1. The standard InChI is InChI=1S/C20H15NO/c1-11-6-5-8-14-15-10-16-13-7-3-4-9-17(13)22-20(16)12(2)19(15)21-18(11)14/h3-10,21H,1-2H3. The summed E-state index contributed by atoms with van der Waals surface area (Å²) in [5.41, 5.74) is 6.79. The Labute approximate surface area is 127 Å². The van der Waals surface area contributed by atoms with Crippen LogP contribution >= 0.6 is 0 Å². The summed E-state index contributed by atoms with van der Waals surface area (Å²) < 4.78 is 6.10. The lowest BCUT2D eigenvalue weighted by molar-refractivity contribution is 0.666. The van der Waals surface area contributed by atoms with Crippen molar-refractivity contribution in [1.82, 2.24) is 4.98 Å². The minimum Gasteiger partial charge on any atom is -0.456 e. The van der Waals surface area contributed by atoms with Crippen LogP contribution in [0.15, 0.2) is 52.9 Å². The quantitative estimate of drug-likeness (QED) is 0.380. The molecule has 1 N–H and O–H groups in total. The van der Waals surface area contributed by atoms with E-state index in [0.29, 0.717) is 0 Å². The summed E-state index contributed by atoms with van der Waals surface area (Å²) in [6.45, 7) is 4.28. The van der Waals surface area contributed by atoms with Crippen molar-refractivity contribution in [2.24, 2.45) is 0 Å². The number of para-hydroxylation sites is 2. The van der Waals surface area contributed by atoms with Gasteiger partial charge in [0.15, 0.2) is 0 Å². The van der Waals surface area contributed by atoms with Crippen molar-refractivity contribution < 1.29 is 4.42 Å². The molecule has 0 aliphatic heterocycles. The Kier molecular flexibility index (Phi) is 2.11. The van der Waals surface area contributed by atoms with Crippen LogP contribution < -0.4 is 0 Å².